The largest absolute Gasteiger partial charge is 0.326 e. The van der Waals surface area contributed by atoms with Gasteiger partial charge in [0.2, 0.25) is 5.91 Å². The molecule has 1 aromatic heterocycles. The molecule has 1 N–H and O–H groups in total. The third-order valence-corrected chi connectivity index (χ3v) is 4.79. The van der Waals surface area contributed by atoms with E-state index in [1.165, 1.54) is 11.3 Å². The molecule has 2 aromatic rings. The van der Waals surface area contributed by atoms with Crippen LogP contribution in [0, 0.1) is 0 Å². The molecule has 4 nitrogen and oxygen atoms in total. The summed E-state index contributed by atoms with van der Waals surface area (Å²) in [7, 11) is 0. The van der Waals surface area contributed by atoms with E-state index in [0.29, 0.717) is 6.42 Å². The summed E-state index contributed by atoms with van der Waals surface area (Å²) in [5.41, 5.74) is 2.89. The quantitative estimate of drug-likeness (QED) is 0.919. The first kappa shape index (κ1) is 15.7. The monoisotopic (exact) mass is 328 g/mol. The van der Waals surface area contributed by atoms with Gasteiger partial charge in [0.15, 0.2) is 0 Å². The number of nitrogens with zero attached hydrogens (tertiary/aromatic N) is 1. The number of fused-ring (bicyclic) bond motifs is 1. The number of aryl methyl sites for hydroxylation is 1. The van der Waals surface area contributed by atoms with Crippen LogP contribution in [0.25, 0.3) is 0 Å². The Morgan fingerprint density at radius 3 is 2.91 bits per heavy atom. The van der Waals surface area contributed by atoms with E-state index in [0.717, 1.165) is 47.6 Å². The van der Waals surface area contributed by atoms with Gasteiger partial charge in [0.05, 0.1) is 4.88 Å². The number of anilines is 2. The van der Waals surface area contributed by atoms with Crippen molar-refractivity contribution in [3.05, 3.63) is 46.2 Å². The Morgan fingerprint density at radius 2 is 2.17 bits per heavy atom. The molecule has 1 aliphatic heterocycles. The third kappa shape index (κ3) is 3.45. The lowest BCUT2D eigenvalue weighted by Crippen LogP contribution is -2.35. The lowest BCUT2D eigenvalue weighted by Gasteiger charge is -2.29. The molecule has 0 atom stereocenters. The van der Waals surface area contributed by atoms with Gasteiger partial charge in [0.1, 0.15) is 0 Å². The predicted octanol–water partition coefficient (Wildman–Crippen LogP) is 4.08. The van der Waals surface area contributed by atoms with Crippen molar-refractivity contribution < 1.29 is 9.59 Å². The highest BCUT2D eigenvalue weighted by molar-refractivity contribution is 7.12. The summed E-state index contributed by atoms with van der Waals surface area (Å²) in [6.07, 6.45) is 3.23. The number of amides is 2. The Labute approximate surface area is 140 Å². The van der Waals surface area contributed by atoms with Gasteiger partial charge in [0, 0.05) is 24.3 Å². The molecule has 2 amide bonds. The smallest absolute Gasteiger partial charge is 0.268 e. The van der Waals surface area contributed by atoms with Crippen LogP contribution in [-0.2, 0) is 11.2 Å². The van der Waals surface area contributed by atoms with Crippen molar-refractivity contribution >= 4 is 34.5 Å². The molecule has 120 valence electrons. The summed E-state index contributed by atoms with van der Waals surface area (Å²) in [5, 5.41) is 4.85. The SMILES string of the molecule is CCCC(=O)Nc1ccc2c(c1)CCCN2C(=O)c1cccs1. The molecule has 1 aromatic carbocycles. The maximum Gasteiger partial charge on any atom is 0.268 e. The van der Waals surface area contributed by atoms with Crippen LogP contribution in [0.15, 0.2) is 35.7 Å². The highest BCUT2D eigenvalue weighted by Crippen LogP contribution is 2.31. The zero-order valence-electron chi connectivity index (χ0n) is 13.2. The predicted molar refractivity (Wildman–Crippen MR) is 94.3 cm³/mol. The molecule has 5 heteroatoms. The molecule has 0 fully saturated rings. The van der Waals surface area contributed by atoms with Crippen LogP contribution < -0.4 is 10.2 Å². The van der Waals surface area contributed by atoms with E-state index in [2.05, 4.69) is 5.32 Å². The maximum absolute atomic E-state index is 12.6. The molecule has 0 bridgehead atoms. The Bertz CT molecular complexity index is 710. The van der Waals surface area contributed by atoms with E-state index in [-0.39, 0.29) is 11.8 Å². The van der Waals surface area contributed by atoms with E-state index < -0.39 is 0 Å². The molecular formula is C18H20N2O2S. The fourth-order valence-corrected chi connectivity index (χ4v) is 3.54. The maximum atomic E-state index is 12.6. The van der Waals surface area contributed by atoms with E-state index in [1.54, 1.807) is 0 Å². The van der Waals surface area contributed by atoms with Crippen LogP contribution in [0.5, 0.6) is 0 Å². The van der Waals surface area contributed by atoms with Crippen LogP contribution in [0.4, 0.5) is 11.4 Å². The Kier molecular flexibility index (Phi) is 4.76. The van der Waals surface area contributed by atoms with Crippen molar-refractivity contribution in [1.29, 1.82) is 0 Å². The van der Waals surface area contributed by atoms with Crippen molar-refractivity contribution in [2.24, 2.45) is 0 Å². The Morgan fingerprint density at radius 1 is 1.30 bits per heavy atom. The van der Waals surface area contributed by atoms with Crippen LogP contribution in [0.2, 0.25) is 0 Å². The molecule has 0 unspecified atom stereocenters. The summed E-state index contributed by atoms with van der Waals surface area (Å²) in [6.45, 7) is 2.73. The fraction of sp³-hybridized carbons (Fsp3) is 0.333. The second-order valence-corrected chi connectivity index (χ2v) is 6.63. The molecule has 0 aliphatic carbocycles. The first-order valence-electron chi connectivity index (χ1n) is 7.97. The second-order valence-electron chi connectivity index (χ2n) is 5.68. The highest BCUT2D eigenvalue weighted by atomic mass is 32.1. The van der Waals surface area contributed by atoms with Crippen LogP contribution in [0.3, 0.4) is 0 Å². The van der Waals surface area contributed by atoms with E-state index in [9.17, 15) is 9.59 Å². The number of carbonyl (C=O) groups is 2. The minimum atomic E-state index is 0.0368. The number of nitrogens with one attached hydrogen (secondary N) is 1. The number of thiophene rings is 1. The lowest BCUT2D eigenvalue weighted by molar-refractivity contribution is -0.116. The van der Waals surface area contributed by atoms with Gasteiger partial charge in [0.25, 0.3) is 5.91 Å². The van der Waals surface area contributed by atoms with Gasteiger partial charge in [-0.05, 0) is 54.5 Å². The minimum absolute atomic E-state index is 0.0368. The van der Waals surface area contributed by atoms with Crippen LogP contribution in [0.1, 0.15) is 41.4 Å². The topological polar surface area (TPSA) is 49.4 Å². The molecule has 0 saturated carbocycles. The number of benzene rings is 1. The summed E-state index contributed by atoms with van der Waals surface area (Å²) in [4.78, 5) is 27.0. The molecule has 0 saturated heterocycles. The van der Waals surface area contributed by atoms with Gasteiger partial charge in [-0.1, -0.05) is 13.0 Å². The first-order valence-corrected chi connectivity index (χ1v) is 8.85. The molecule has 23 heavy (non-hydrogen) atoms. The number of hydrogen-bond acceptors (Lipinski definition) is 3. The van der Waals surface area contributed by atoms with E-state index >= 15 is 0 Å². The summed E-state index contributed by atoms with van der Waals surface area (Å²) < 4.78 is 0. The van der Waals surface area contributed by atoms with Gasteiger partial charge in [-0.3, -0.25) is 9.59 Å². The first-order chi connectivity index (χ1) is 11.2. The van der Waals surface area contributed by atoms with Gasteiger partial charge >= 0.3 is 0 Å². The van der Waals surface area contributed by atoms with E-state index in [4.69, 9.17) is 0 Å². The number of carbonyl (C=O) groups excluding carboxylic acids is 2. The van der Waals surface area contributed by atoms with Crippen molar-refractivity contribution in [1.82, 2.24) is 0 Å². The highest BCUT2D eigenvalue weighted by Gasteiger charge is 2.24. The van der Waals surface area contributed by atoms with Crippen LogP contribution in [-0.4, -0.2) is 18.4 Å². The van der Waals surface area contributed by atoms with Crippen molar-refractivity contribution in [3.8, 4) is 0 Å². The zero-order chi connectivity index (χ0) is 16.2. The standard InChI is InChI=1S/C18H20N2O2S/c1-2-5-17(21)19-14-8-9-15-13(12-14)6-3-10-20(15)18(22)16-7-4-11-23-16/h4,7-9,11-12H,2-3,5-6,10H2,1H3,(H,19,21). The third-order valence-electron chi connectivity index (χ3n) is 3.94. The van der Waals surface area contributed by atoms with E-state index in [1.807, 2.05) is 47.5 Å². The summed E-state index contributed by atoms with van der Waals surface area (Å²) >= 11 is 1.47. The number of hydrogen-bond donors (Lipinski definition) is 1. The zero-order valence-corrected chi connectivity index (χ0v) is 14.0. The van der Waals surface area contributed by atoms with Crippen LogP contribution >= 0.6 is 11.3 Å². The fourth-order valence-electron chi connectivity index (χ4n) is 2.87. The van der Waals surface area contributed by atoms with Gasteiger partial charge < -0.3 is 10.2 Å². The average Bonchev–Trinajstić information content (AvgIpc) is 3.08. The summed E-state index contributed by atoms with van der Waals surface area (Å²) in [5.74, 6) is 0.0958. The second kappa shape index (κ2) is 6.96. The van der Waals surface area contributed by atoms with Gasteiger partial charge in [-0.25, -0.2) is 0 Å². The molecule has 1 aliphatic rings. The van der Waals surface area contributed by atoms with Gasteiger partial charge in [-0.2, -0.15) is 0 Å². The molecule has 3 rings (SSSR count). The van der Waals surface area contributed by atoms with Gasteiger partial charge in [-0.15, -0.1) is 11.3 Å². The molecule has 2 heterocycles. The Balaban J connectivity index is 1.82. The molecule has 0 spiro atoms. The normalized spacial score (nSPS) is 13.5. The molecule has 0 radical (unpaired) electrons. The average molecular weight is 328 g/mol. The lowest BCUT2D eigenvalue weighted by atomic mass is 10.0. The number of rotatable bonds is 4. The van der Waals surface area contributed by atoms with Crippen molar-refractivity contribution in [2.75, 3.05) is 16.8 Å². The molecular weight excluding hydrogens is 308 g/mol. The Hall–Kier alpha value is -2.14. The minimum Gasteiger partial charge on any atom is -0.326 e. The summed E-state index contributed by atoms with van der Waals surface area (Å²) in [6, 6.07) is 9.58. The van der Waals surface area contributed by atoms with Crippen molar-refractivity contribution in [3.63, 3.8) is 0 Å². The van der Waals surface area contributed by atoms with Crippen molar-refractivity contribution in [2.45, 2.75) is 32.6 Å².